The zero-order valence-electron chi connectivity index (χ0n) is 11.2. The quantitative estimate of drug-likeness (QED) is 0.571. The van der Waals surface area contributed by atoms with Gasteiger partial charge in [0.15, 0.2) is 6.04 Å². The molecule has 8 heteroatoms. The van der Waals surface area contributed by atoms with Gasteiger partial charge in [-0.2, -0.15) is 0 Å². The lowest BCUT2D eigenvalue weighted by Gasteiger charge is -2.27. The second kappa shape index (κ2) is 6.72. The molecule has 0 aliphatic rings. The lowest BCUT2D eigenvalue weighted by Crippen LogP contribution is -2.47. The summed E-state index contributed by atoms with van der Waals surface area (Å²) in [7, 11) is 1.02. The van der Waals surface area contributed by atoms with E-state index in [-0.39, 0.29) is 6.41 Å². The average molecular weight is 275 g/mol. The van der Waals surface area contributed by atoms with Crippen molar-refractivity contribution in [3.63, 3.8) is 0 Å². The van der Waals surface area contributed by atoms with Crippen LogP contribution in [0.1, 0.15) is 27.2 Å². The molecule has 0 aliphatic heterocycles. The molecule has 0 unspecified atom stereocenters. The Hall–Kier alpha value is -2.12. The highest BCUT2D eigenvalue weighted by Crippen LogP contribution is 2.13. The van der Waals surface area contributed by atoms with Gasteiger partial charge in [-0.3, -0.25) is 9.59 Å². The number of hydrogen-bond donors (Lipinski definition) is 1. The molecule has 0 aliphatic carbocycles. The van der Waals surface area contributed by atoms with Crippen molar-refractivity contribution >= 4 is 24.4 Å². The third-order valence-corrected chi connectivity index (χ3v) is 1.89. The van der Waals surface area contributed by atoms with Crippen molar-refractivity contribution in [2.75, 3.05) is 7.11 Å². The summed E-state index contributed by atoms with van der Waals surface area (Å²) in [5.41, 5.74) is -0.887. The van der Waals surface area contributed by atoms with Gasteiger partial charge in [-0.15, -0.1) is 0 Å². The van der Waals surface area contributed by atoms with Gasteiger partial charge in [0, 0.05) is 0 Å². The molecule has 0 rings (SSSR count). The third kappa shape index (κ3) is 5.84. The summed E-state index contributed by atoms with van der Waals surface area (Å²) in [6.07, 6.45) is -1.83. The van der Waals surface area contributed by atoms with E-state index in [1.165, 1.54) is 0 Å². The van der Waals surface area contributed by atoms with Gasteiger partial charge < -0.3 is 14.6 Å². The highest BCUT2D eigenvalue weighted by Gasteiger charge is 2.35. The first-order valence-electron chi connectivity index (χ1n) is 5.38. The van der Waals surface area contributed by atoms with Crippen LogP contribution in [0.4, 0.5) is 4.79 Å². The van der Waals surface area contributed by atoms with Gasteiger partial charge in [-0.25, -0.2) is 14.5 Å². The maximum absolute atomic E-state index is 11.7. The second-order valence-corrected chi connectivity index (χ2v) is 4.63. The van der Waals surface area contributed by atoms with Crippen LogP contribution in [0.5, 0.6) is 0 Å². The van der Waals surface area contributed by atoms with E-state index in [9.17, 15) is 19.2 Å². The summed E-state index contributed by atoms with van der Waals surface area (Å²) in [4.78, 5) is 45.1. The molecule has 108 valence electrons. The molecule has 1 N–H and O–H groups in total. The van der Waals surface area contributed by atoms with Crippen molar-refractivity contribution in [2.45, 2.75) is 38.8 Å². The number of carboxylic acid groups (broad SMARTS) is 1. The van der Waals surface area contributed by atoms with E-state index < -0.39 is 36.1 Å². The standard InChI is InChI=1S/C11H17NO7/c1-11(2,3)19-10(17)12(6-13)7(5-8(14)15)9(16)18-4/h6-7H,5H2,1-4H3,(H,14,15)/t7-/m0/s1. The molecule has 0 aromatic rings. The van der Waals surface area contributed by atoms with Gasteiger partial charge in [-0.05, 0) is 20.8 Å². The van der Waals surface area contributed by atoms with Crippen LogP contribution in [-0.2, 0) is 23.9 Å². The number of rotatable bonds is 5. The molecule has 2 amide bonds. The number of amides is 2. The minimum absolute atomic E-state index is 0.0403. The maximum atomic E-state index is 11.7. The van der Waals surface area contributed by atoms with Gasteiger partial charge in [0.2, 0.25) is 6.41 Å². The van der Waals surface area contributed by atoms with Crippen LogP contribution in [-0.4, -0.2) is 53.2 Å². The highest BCUT2D eigenvalue weighted by molar-refractivity contribution is 5.91. The van der Waals surface area contributed by atoms with E-state index >= 15 is 0 Å². The van der Waals surface area contributed by atoms with Crippen LogP contribution in [0, 0.1) is 0 Å². The van der Waals surface area contributed by atoms with Crippen molar-refractivity contribution in [1.29, 1.82) is 0 Å². The summed E-state index contributed by atoms with van der Waals surface area (Å²) >= 11 is 0. The molecule has 0 aromatic carbocycles. The van der Waals surface area contributed by atoms with Crippen molar-refractivity contribution in [3.05, 3.63) is 0 Å². The lowest BCUT2D eigenvalue weighted by molar-refractivity contribution is -0.153. The summed E-state index contributed by atoms with van der Waals surface area (Å²) in [6.45, 7) is 4.70. The topological polar surface area (TPSA) is 110 Å². The Bertz CT molecular complexity index is 372. The van der Waals surface area contributed by atoms with Crippen molar-refractivity contribution in [1.82, 2.24) is 4.90 Å². The van der Waals surface area contributed by atoms with Crippen molar-refractivity contribution in [2.24, 2.45) is 0 Å². The Balaban J connectivity index is 5.13. The van der Waals surface area contributed by atoms with Gasteiger partial charge in [-0.1, -0.05) is 0 Å². The van der Waals surface area contributed by atoms with Gasteiger partial charge >= 0.3 is 18.0 Å². The van der Waals surface area contributed by atoms with Crippen molar-refractivity contribution in [3.8, 4) is 0 Å². The number of carbonyl (C=O) groups is 4. The first-order chi connectivity index (χ1) is 8.62. The van der Waals surface area contributed by atoms with E-state index in [0.29, 0.717) is 4.90 Å². The Labute approximate surface area is 110 Å². The minimum atomic E-state index is -1.56. The summed E-state index contributed by atoms with van der Waals surface area (Å²) in [5, 5.41) is 8.68. The Morgan fingerprint density at radius 3 is 2.16 bits per heavy atom. The SMILES string of the molecule is COC(=O)[C@H](CC(=O)O)N(C=O)C(=O)OC(C)(C)C. The molecule has 0 radical (unpaired) electrons. The van der Waals surface area contributed by atoms with E-state index in [0.717, 1.165) is 7.11 Å². The van der Waals surface area contributed by atoms with Crippen LogP contribution >= 0.6 is 0 Å². The molecular weight excluding hydrogens is 258 g/mol. The second-order valence-electron chi connectivity index (χ2n) is 4.63. The number of esters is 1. The molecule has 1 atom stereocenters. The molecule has 0 fully saturated rings. The van der Waals surface area contributed by atoms with Crippen LogP contribution in [0.15, 0.2) is 0 Å². The number of methoxy groups -OCH3 is 1. The normalized spacial score (nSPS) is 12.2. The molecule has 0 spiro atoms. The van der Waals surface area contributed by atoms with E-state index in [2.05, 4.69) is 4.74 Å². The largest absolute Gasteiger partial charge is 0.481 e. The number of ether oxygens (including phenoxy) is 2. The first kappa shape index (κ1) is 16.9. The molecule has 0 aromatic heterocycles. The molecule has 19 heavy (non-hydrogen) atoms. The van der Waals surface area contributed by atoms with Crippen LogP contribution < -0.4 is 0 Å². The number of nitrogens with zero attached hydrogens (tertiary/aromatic N) is 1. The third-order valence-electron chi connectivity index (χ3n) is 1.89. The predicted octanol–water partition coefficient (Wildman–Crippen LogP) is 0.396. The number of imide groups is 1. The summed E-state index contributed by atoms with van der Waals surface area (Å²) in [5.74, 6) is -2.37. The van der Waals surface area contributed by atoms with Crippen LogP contribution in [0.2, 0.25) is 0 Å². The van der Waals surface area contributed by atoms with E-state index in [4.69, 9.17) is 9.84 Å². The monoisotopic (exact) mass is 275 g/mol. The number of aliphatic carboxylic acids is 1. The molecular formula is C11H17NO7. The van der Waals surface area contributed by atoms with Crippen LogP contribution in [0.3, 0.4) is 0 Å². The zero-order valence-corrected chi connectivity index (χ0v) is 11.2. The van der Waals surface area contributed by atoms with E-state index in [1.807, 2.05) is 0 Å². The number of carbonyl (C=O) groups excluding carboxylic acids is 3. The fourth-order valence-electron chi connectivity index (χ4n) is 1.16. The molecule has 0 saturated carbocycles. The van der Waals surface area contributed by atoms with E-state index in [1.54, 1.807) is 20.8 Å². The maximum Gasteiger partial charge on any atom is 0.417 e. The van der Waals surface area contributed by atoms with Crippen molar-refractivity contribution < 1.29 is 33.8 Å². The lowest BCUT2D eigenvalue weighted by atomic mass is 10.2. The fraction of sp³-hybridized carbons (Fsp3) is 0.636. The zero-order chi connectivity index (χ0) is 15.2. The highest BCUT2D eigenvalue weighted by atomic mass is 16.6. The van der Waals surface area contributed by atoms with Gasteiger partial charge in [0.25, 0.3) is 0 Å². The Kier molecular flexibility index (Phi) is 5.97. The minimum Gasteiger partial charge on any atom is -0.481 e. The fourth-order valence-corrected chi connectivity index (χ4v) is 1.16. The average Bonchev–Trinajstić information content (AvgIpc) is 2.24. The Morgan fingerprint density at radius 1 is 1.32 bits per heavy atom. The summed E-state index contributed by atoms with van der Waals surface area (Å²) in [6, 6.07) is -1.56. The first-order valence-corrected chi connectivity index (χ1v) is 5.38. The van der Waals surface area contributed by atoms with Crippen LogP contribution in [0.25, 0.3) is 0 Å². The predicted molar refractivity (Wildman–Crippen MR) is 62.2 cm³/mol. The number of hydrogen-bond acceptors (Lipinski definition) is 6. The Morgan fingerprint density at radius 2 is 1.84 bits per heavy atom. The summed E-state index contributed by atoms with van der Waals surface area (Å²) < 4.78 is 9.27. The van der Waals surface area contributed by atoms with Gasteiger partial charge in [0.1, 0.15) is 5.60 Å². The smallest absolute Gasteiger partial charge is 0.417 e. The molecule has 8 nitrogen and oxygen atoms in total. The molecule has 0 bridgehead atoms. The number of carboxylic acids is 1. The van der Waals surface area contributed by atoms with Gasteiger partial charge in [0.05, 0.1) is 13.5 Å². The molecule has 0 heterocycles. The molecule has 0 saturated heterocycles.